The zero-order chi connectivity index (χ0) is 12.7. The third-order valence-electron chi connectivity index (χ3n) is 3.36. The molecule has 1 heterocycles. The molecule has 1 saturated heterocycles. The van der Waals surface area contributed by atoms with Gasteiger partial charge in [0.25, 0.3) is 0 Å². The molecule has 1 unspecified atom stereocenters. The maximum atomic E-state index is 11.6. The number of sulfone groups is 1. The summed E-state index contributed by atoms with van der Waals surface area (Å²) in [7, 11) is -2.99. The van der Waals surface area contributed by atoms with Crippen LogP contribution >= 0.6 is 0 Å². The molecule has 1 fully saturated rings. The number of Topliss-reactive ketones (excluding diaryl/α,β-unsaturated/α-hetero) is 1. The van der Waals surface area contributed by atoms with Crippen LogP contribution in [0.15, 0.2) is 0 Å². The Morgan fingerprint density at radius 2 is 2.12 bits per heavy atom. The maximum absolute atomic E-state index is 11.6. The van der Waals surface area contributed by atoms with Crippen molar-refractivity contribution in [3.8, 4) is 0 Å². The molecule has 0 aromatic carbocycles. The molecule has 1 rings (SSSR count). The lowest BCUT2D eigenvalue weighted by Crippen LogP contribution is -2.30. The predicted molar refractivity (Wildman–Crippen MR) is 68.8 cm³/mol. The van der Waals surface area contributed by atoms with Crippen molar-refractivity contribution in [1.29, 1.82) is 0 Å². The Bertz CT molecular complexity index is 332. The number of piperidine rings is 1. The Morgan fingerprint density at radius 3 is 2.71 bits per heavy atom. The van der Waals surface area contributed by atoms with Crippen LogP contribution in [0.25, 0.3) is 0 Å². The molecule has 1 atom stereocenters. The minimum absolute atomic E-state index is 0.0191. The first-order valence-electron chi connectivity index (χ1n) is 6.46. The van der Waals surface area contributed by atoms with Gasteiger partial charge in [-0.25, -0.2) is 8.42 Å². The highest BCUT2D eigenvalue weighted by Crippen LogP contribution is 2.16. The van der Waals surface area contributed by atoms with Gasteiger partial charge in [-0.2, -0.15) is 0 Å². The van der Waals surface area contributed by atoms with Gasteiger partial charge in [0.2, 0.25) is 0 Å². The molecule has 0 spiro atoms. The van der Waals surface area contributed by atoms with Gasteiger partial charge in [0, 0.05) is 18.6 Å². The lowest BCUT2D eigenvalue weighted by atomic mass is 9.93. The molecule has 1 aliphatic rings. The van der Waals surface area contributed by atoms with Crippen LogP contribution < -0.4 is 5.32 Å². The first-order chi connectivity index (χ1) is 8.03. The topological polar surface area (TPSA) is 63.2 Å². The van der Waals surface area contributed by atoms with Gasteiger partial charge in [-0.05, 0) is 38.3 Å². The fraction of sp³-hybridized carbons (Fsp3) is 0.917. The van der Waals surface area contributed by atoms with Gasteiger partial charge < -0.3 is 5.32 Å². The van der Waals surface area contributed by atoms with Crippen LogP contribution in [0.1, 0.15) is 39.0 Å². The summed E-state index contributed by atoms with van der Waals surface area (Å²) in [5.74, 6) is 0.834. The van der Waals surface area contributed by atoms with Crippen molar-refractivity contribution >= 4 is 15.6 Å². The number of carbonyl (C=O) groups is 1. The van der Waals surface area contributed by atoms with E-state index in [0.717, 1.165) is 19.5 Å². The number of carbonyl (C=O) groups excluding carboxylic acids is 1. The Morgan fingerprint density at radius 1 is 1.35 bits per heavy atom. The second-order valence-electron chi connectivity index (χ2n) is 4.78. The third kappa shape index (κ3) is 6.17. The monoisotopic (exact) mass is 261 g/mol. The molecule has 0 aromatic rings. The summed E-state index contributed by atoms with van der Waals surface area (Å²) in [5, 5.41) is 3.32. The van der Waals surface area contributed by atoms with Crippen molar-refractivity contribution in [3.05, 3.63) is 0 Å². The Hall–Kier alpha value is -0.420. The van der Waals surface area contributed by atoms with Gasteiger partial charge in [-0.15, -0.1) is 0 Å². The first kappa shape index (κ1) is 14.6. The minimum Gasteiger partial charge on any atom is -0.316 e. The van der Waals surface area contributed by atoms with Crippen molar-refractivity contribution < 1.29 is 13.2 Å². The molecule has 0 amide bonds. The van der Waals surface area contributed by atoms with Crippen LogP contribution in [0.3, 0.4) is 0 Å². The first-order valence-corrected chi connectivity index (χ1v) is 8.28. The fourth-order valence-electron chi connectivity index (χ4n) is 2.07. The van der Waals surface area contributed by atoms with Gasteiger partial charge in [-0.1, -0.05) is 6.92 Å². The SMILES string of the molecule is CCS(=O)(=O)CCC(=O)CCC1CCCNC1. The van der Waals surface area contributed by atoms with Crippen LogP contribution in [0.5, 0.6) is 0 Å². The van der Waals surface area contributed by atoms with E-state index >= 15 is 0 Å². The molecule has 0 radical (unpaired) electrons. The number of hydrogen-bond donors (Lipinski definition) is 1. The average molecular weight is 261 g/mol. The Balaban J connectivity index is 2.16. The van der Waals surface area contributed by atoms with Gasteiger partial charge in [0.15, 0.2) is 0 Å². The molecule has 0 bridgehead atoms. The van der Waals surface area contributed by atoms with E-state index in [-0.39, 0.29) is 23.7 Å². The quantitative estimate of drug-likeness (QED) is 0.747. The molecule has 0 aliphatic carbocycles. The van der Waals surface area contributed by atoms with Crippen molar-refractivity contribution in [2.24, 2.45) is 5.92 Å². The molecule has 0 aromatic heterocycles. The summed E-state index contributed by atoms with van der Waals surface area (Å²) in [6.45, 7) is 3.70. The van der Waals surface area contributed by atoms with Crippen molar-refractivity contribution in [1.82, 2.24) is 5.32 Å². The van der Waals surface area contributed by atoms with Crippen molar-refractivity contribution in [2.45, 2.75) is 39.0 Å². The van der Waals surface area contributed by atoms with Crippen molar-refractivity contribution in [2.75, 3.05) is 24.6 Å². The van der Waals surface area contributed by atoms with Crippen LogP contribution in [0, 0.1) is 5.92 Å². The van der Waals surface area contributed by atoms with E-state index in [1.807, 2.05) is 0 Å². The van der Waals surface area contributed by atoms with E-state index in [1.54, 1.807) is 6.92 Å². The molecule has 0 saturated carbocycles. The normalized spacial score (nSPS) is 21.4. The smallest absolute Gasteiger partial charge is 0.150 e. The van der Waals surface area contributed by atoms with Crippen LogP contribution in [-0.2, 0) is 14.6 Å². The molecular formula is C12H23NO3S. The van der Waals surface area contributed by atoms with Crippen LogP contribution in [-0.4, -0.2) is 38.8 Å². The highest BCUT2D eigenvalue weighted by Gasteiger charge is 2.16. The van der Waals surface area contributed by atoms with Gasteiger partial charge in [-0.3, -0.25) is 4.79 Å². The number of hydrogen-bond acceptors (Lipinski definition) is 4. The minimum atomic E-state index is -2.99. The summed E-state index contributed by atoms with van der Waals surface area (Å²) < 4.78 is 22.5. The highest BCUT2D eigenvalue weighted by molar-refractivity contribution is 7.91. The Kier molecular flexibility index (Phi) is 6.12. The maximum Gasteiger partial charge on any atom is 0.150 e. The zero-order valence-electron chi connectivity index (χ0n) is 10.6. The average Bonchev–Trinajstić information content (AvgIpc) is 2.35. The fourth-order valence-corrected chi connectivity index (χ4v) is 2.90. The number of ketones is 1. The second kappa shape index (κ2) is 7.11. The van der Waals surface area contributed by atoms with E-state index in [0.29, 0.717) is 12.3 Å². The van der Waals surface area contributed by atoms with E-state index < -0.39 is 9.84 Å². The molecule has 4 nitrogen and oxygen atoms in total. The summed E-state index contributed by atoms with van der Waals surface area (Å²) in [6, 6.07) is 0. The van der Waals surface area contributed by atoms with E-state index in [9.17, 15) is 13.2 Å². The summed E-state index contributed by atoms with van der Waals surface area (Å²) in [4.78, 5) is 11.6. The molecule has 100 valence electrons. The van der Waals surface area contributed by atoms with Crippen LogP contribution in [0.2, 0.25) is 0 Å². The van der Waals surface area contributed by atoms with Gasteiger partial charge in [0.05, 0.1) is 5.75 Å². The largest absolute Gasteiger partial charge is 0.316 e. The lowest BCUT2D eigenvalue weighted by Gasteiger charge is -2.22. The van der Waals surface area contributed by atoms with Crippen molar-refractivity contribution in [3.63, 3.8) is 0 Å². The molecule has 1 N–H and O–H groups in total. The summed E-state index contributed by atoms with van der Waals surface area (Å²) >= 11 is 0. The lowest BCUT2D eigenvalue weighted by molar-refractivity contribution is -0.119. The van der Waals surface area contributed by atoms with E-state index in [2.05, 4.69) is 5.32 Å². The predicted octanol–water partition coefficient (Wildman–Crippen LogP) is 1.16. The van der Waals surface area contributed by atoms with Crippen LogP contribution in [0.4, 0.5) is 0 Å². The summed E-state index contributed by atoms with van der Waals surface area (Å²) in [5.41, 5.74) is 0. The summed E-state index contributed by atoms with van der Waals surface area (Å²) in [6.07, 6.45) is 4.00. The van der Waals surface area contributed by atoms with Gasteiger partial charge >= 0.3 is 0 Å². The second-order valence-corrected chi connectivity index (χ2v) is 7.25. The highest BCUT2D eigenvalue weighted by atomic mass is 32.2. The zero-order valence-corrected chi connectivity index (χ0v) is 11.4. The third-order valence-corrected chi connectivity index (χ3v) is 5.07. The molecule has 5 heteroatoms. The number of nitrogens with one attached hydrogen (secondary N) is 1. The molecule has 17 heavy (non-hydrogen) atoms. The van der Waals surface area contributed by atoms with E-state index in [4.69, 9.17) is 0 Å². The molecular weight excluding hydrogens is 238 g/mol. The number of rotatable bonds is 7. The van der Waals surface area contributed by atoms with Gasteiger partial charge in [0.1, 0.15) is 15.6 Å². The van der Waals surface area contributed by atoms with E-state index in [1.165, 1.54) is 12.8 Å². The Labute approximate surface area is 104 Å². The standard InChI is InChI=1S/C12H23NO3S/c1-2-17(15,16)9-7-12(14)6-5-11-4-3-8-13-10-11/h11,13H,2-10H2,1H3. The molecule has 1 aliphatic heterocycles.